The lowest BCUT2D eigenvalue weighted by Gasteiger charge is -2.20. The predicted molar refractivity (Wildman–Crippen MR) is 126 cm³/mol. The Balaban J connectivity index is 1.89. The van der Waals surface area contributed by atoms with Gasteiger partial charge < -0.3 is 5.32 Å². The molecule has 3 aromatic carbocycles. The highest BCUT2D eigenvalue weighted by Crippen LogP contribution is 2.33. The molecule has 0 saturated carbocycles. The fourth-order valence-corrected chi connectivity index (χ4v) is 4.79. The zero-order chi connectivity index (χ0) is 22.7. The quantitative estimate of drug-likeness (QED) is 0.416. The Kier molecular flexibility index (Phi) is 6.42. The van der Waals surface area contributed by atoms with E-state index >= 15 is 0 Å². The van der Waals surface area contributed by atoms with Gasteiger partial charge in [0.25, 0.3) is 5.91 Å². The third-order valence-corrected chi connectivity index (χ3v) is 6.35. The van der Waals surface area contributed by atoms with Gasteiger partial charge in [-0.3, -0.25) is 9.00 Å². The van der Waals surface area contributed by atoms with Crippen molar-refractivity contribution in [2.75, 3.05) is 6.26 Å². The molecule has 4 rings (SSSR count). The Morgan fingerprint density at radius 1 is 1.03 bits per heavy atom. The van der Waals surface area contributed by atoms with Gasteiger partial charge in [-0.25, -0.2) is 9.37 Å². The summed E-state index contributed by atoms with van der Waals surface area (Å²) in [5.41, 5.74) is 2.97. The van der Waals surface area contributed by atoms with Crippen molar-refractivity contribution < 1.29 is 13.4 Å². The first-order valence-electron chi connectivity index (χ1n) is 10.4. The van der Waals surface area contributed by atoms with E-state index in [1.807, 2.05) is 61.5 Å². The molecule has 0 aliphatic carbocycles. The Hall–Kier alpha value is -3.38. The number of benzene rings is 3. The minimum atomic E-state index is -1.48. The van der Waals surface area contributed by atoms with E-state index in [0.717, 1.165) is 5.56 Å². The highest BCUT2D eigenvalue weighted by atomic mass is 32.2. The summed E-state index contributed by atoms with van der Waals surface area (Å²) < 4.78 is 26.7. The molecule has 4 aromatic rings. The molecule has 0 radical (unpaired) electrons. The van der Waals surface area contributed by atoms with Gasteiger partial charge in [-0.15, -0.1) is 0 Å². The average Bonchev–Trinajstić information content (AvgIpc) is 2.81. The van der Waals surface area contributed by atoms with Crippen LogP contribution in [-0.2, 0) is 10.8 Å². The zero-order valence-electron chi connectivity index (χ0n) is 17.8. The molecule has 0 aliphatic heterocycles. The number of fused-ring (bicyclic) bond motifs is 1. The second kappa shape index (κ2) is 9.40. The predicted octanol–water partition coefficient (Wildman–Crippen LogP) is 5.66. The lowest BCUT2D eigenvalue weighted by Crippen LogP contribution is -2.29. The van der Waals surface area contributed by atoms with Gasteiger partial charge in [-0.2, -0.15) is 0 Å². The van der Waals surface area contributed by atoms with Crippen molar-refractivity contribution in [1.29, 1.82) is 0 Å². The van der Waals surface area contributed by atoms with Gasteiger partial charge >= 0.3 is 0 Å². The van der Waals surface area contributed by atoms with Crippen LogP contribution in [-0.4, -0.2) is 21.4 Å². The normalized spacial score (nSPS) is 13.0. The summed E-state index contributed by atoms with van der Waals surface area (Å²) in [5, 5.41) is 3.65. The van der Waals surface area contributed by atoms with Gasteiger partial charge in [0.05, 0.1) is 38.5 Å². The summed E-state index contributed by atoms with van der Waals surface area (Å²) >= 11 is 0. The van der Waals surface area contributed by atoms with Crippen LogP contribution in [0.5, 0.6) is 0 Å². The van der Waals surface area contributed by atoms with Crippen LogP contribution in [0.25, 0.3) is 22.2 Å². The molecule has 1 N–H and O–H groups in total. The highest BCUT2D eigenvalue weighted by molar-refractivity contribution is 7.84. The first-order chi connectivity index (χ1) is 15.5. The van der Waals surface area contributed by atoms with Crippen molar-refractivity contribution >= 4 is 27.6 Å². The molecule has 0 bridgehead atoms. The number of rotatable bonds is 6. The lowest BCUT2D eigenvalue weighted by molar-refractivity contribution is 0.0934. The maximum Gasteiger partial charge on any atom is 0.253 e. The number of para-hydroxylation sites is 1. The van der Waals surface area contributed by atoms with Crippen molar-refractivity contribution in [1.82, 2.24) is 10.3 Å². The van der Waals surface area contributed by atoms with Crippen LogP contribution in [0.2, 0.25) is 0 Å². The topological polar surface area (TPSA) is 59.1 Å². The molecule has 162 valence electrons. The summed E-state index contributed by atoms with van der Waals surface area (Å²) in [5.74, 6) is -0.714. The number of carbonyl (C=O) groups excluding carboxylic acids is 1. The second-order valence-corrected chi connectivity index (χ2v) is 8.81. The molecule has 0 spiro atoms. The Bertz CT molecular complexity index is 1310. The molecule has 0 aliphatic rings. The van der Waals surface area contributed by atoms with Crippen molar-refractivity contribution in [3.63, 3.8) is 0 Å². The number of halogens is 1. The molecule has 4 nitrogen and oxygen atoms in total. The van der Waals surface area contributed by atoms with E-state index in [1.165, 1.54) is 12.1 Å². The summed E-state index contributed by atoms with van der Waals surface area (Å²) in [6.45, 7) is 1.93. The van der Waals surface area contributed by atoms with Crippen molar-refractivity contribution in [3.8, 4) is 11.3 Å². The molecular formula is C26H23FN2O2S. The van der Waals surface area contributed by atoms with E-state index in [1.54, 1.807) is 18.4 Å². The lowest BCUT2D eigenvalue weighted by atomic mass is 10.0. The Labute approximate surface area is 189 Å². The number of carbonyl (C=O) groups is 1. The van der Waals surface area contributed by atoms with Gasteiger partial charge in [0.15, 0.2) is 0 Å². The number of hydrogen-bond acceptors (Lipinski definition) is 3. The molecular weight excluding hydrogens is 423 g/mol. The van der Waals surface area contributed by atoms with Crippen LogP contribution < -0.4 is 5.32 Å². The number of nitrogens with one attached hydrogen (secondary N) is 1. The standard InChI is InChI=1S/C26H23FN2O2S/c1-3-21(18-12-9-13-19(27)16-18)29-26(30)23-20-14-7-8-15-22(20)28-24(25(23)32(2)31)17-10-5-4-6-11-17/h4-16,21H,3H2,1-2H3,(H,29,30). The Morgan fingerprint density at radius 3 is 2.44 bits per heavy atom. The molecule has 32 heavy (non-hydrogen) atoms. The van der Waals surface area contributed by atoms with Gasteiger partial charge in [0.2, 0.25) is 0 Å². The number of nitrogens with zero attached hydrogens (tertiary/aromatic N) is 1. The molecule has 2 atom stereocenters. The van der Waals surface area contributed by atoms with Gasteiger partial charge in [0.1, 0.15) is 5.82 Å². The first kappa shape index (κ1) is 21.8. The summed E-state index contributed by atoms with van der Waals surface area (Å²) in [6, 6.07) is 22.6. The van der Waals surface area contributed by atoms with Gasteiger partial charge in [-0.1, -0.05) is 67.6 Å². The number of aromatic nitrogens is 1. The largest absolute Gasteiger partial charge is 0.345 e. The molecule has 0 saturated heterocycles. The minimum Gasteiger partial charge on any atom is -0.345 e. The van der Waals surface area contributed by atoms with Crippen molar-refractivity contribution in [2.45, 2.75) is 24.3 Å². The third-order valence-electron chi connectivity index (χ3n) is 5.37. The SMILES string of the molecule is CCC(NC(=O)c1c(S(C)=O)c(-c2ccccc2)nc2ccccc12)c1cccc(F)c1. The summed E-state index contributed by atoms with van der Waals surface area (Å²) in [4.78, 5) is 18.8. The van der Waals surface area contributed by atoms with E-state index in [2.05, 4.69) is 5.32 Å². The fourth-order valence-electron chi connectivity index (χ4n) is 3.87. The molecule has 1 aromatic heterocycles. The number of hydrogen-bond donors (Lipinski definition) is 1. The summed E-state index contributed by atoms with van der Waals surface area (Å²) in [7, 11) is -1.48. The molecule has 1 heterocycles. The summed E-state index contributed by atoms with van der Waals surface area (Å²) in [6.07, 6.45) is 2.13. The van der Waals surface area contributed by atoms with Crippen LogP contribution in [0, 0.1) is 5.82 Å². The number of pyridine rings is 1. The van der Waals surface area contributed by atoms with E-state index < -0.39 is 10.8 Å². The third kappa shape index (κ3) is 4.32. The van der Waals surface area contributed by atoms with E-state index in [0.29, 0.717) is 39.0 Å². The highest BCUT2D eigenvalue weighted by Gasteiger charge is 2.25. The number of amides is 1. The smallest absolute Gasteiger partial charge is 0.253 e. The zero-order valence-corrected chi connectivity index (χ0v) is 18.7. The van der Waals surface area contributed by atoms with Crippen LogP contribution in [0.3, 0.4) is 0 Å². The average molecular weight is 447 g/mol. The molecule has 6 heteroatoms. The molecule has 2 unspecified atom stereocenters. The van der Waals surface area contributed by atoms with E-state index in [9.17, 15) is 13.4 Å². The fraction of sp³-hybridized carbons (Fsp3) is 0.154. The van der Waals surface area contributed by atoms with E-state index in [4.69, 9.17) is 4.98 Å². The van der Waals surface area contributed by atoms with Crippen LogP contribution >= 0.6 is 0 Å². The maximum atomic E-state index is 13.8. The van der Waals surface area contributed by atoms with Crippen LogP contribution in [0.4, 0.5) is 4.39 Å². The van der Waals surface area contributed by atoms with Crippen LogP contribution in [0.15, 0.2) is 83.8 Å². The van der Waals surface area contributed by atoms with Crippen LogP contribution in [0.1, 0.15) is 35.3 Å². The minimum absolute atomic E-state index is 0.338. The molecule has 1 amide bonds. The monoisotopic (exact) mass is 446 g/mol. The molecule has 0 fully saturated rings. The van der Waals surface area contributed by atoms with Gasteiger partial charge in [-0.05, 0) is 30.2 Å². The first-order valence-corrected chi connectivity index (χ1v) is 11.9. The van der Waals surface area contributed by atoms with E-state index in [-0.39, 0.29) is 17.8 Å². The second-order valence-electron chi connectivity index (χ2n) is 7.49. The van der Waals surface area contributed by atoms with Gasteiger partial charge in [0, 0.05) is 17.2 Å². The maximum absolute atomic E-state index is 13.8. The van der Waals surface area contributed by atoms with Crippen molar-refractivity contribution in [2.24, 2.45) is 0 Å². The van der Waals surface area contributed by atoms with Crippen molar-refractivity contribution in [3.05, 3.63) is 95.8 Å². The Morgan fingerprint density at radius 2 is 1.75 bits per heavy atom.